The largest absolute Gasteiger partial charge is 0.271 e. The third-order valence-corrected chi connectivity index (χ3v) is 4.11. The molecule has 1 atom stereocenters. The van der Waals surface area contributed by atoms with E-state index in [0.717, 1.165) is 6.42 Å². The number of rotatable bonds is 11. The van der Waals surface area contributed by atoms with Crippen LogP contribution >= 0.6 is 0 Å². The van der Waals surface area contributed by atoms with Crippen LogP contribution in [0.3, 0.4) is 0 Å². The summed E-state index contributed by atoms with van der Waals surface area (Å²) in [6, 6.07) is 8.83. The molecule has 0 fully saturated rings. The number of hydrogen-bond donors (Lipinski definition) is 2. The van der Waals surface area contributed by atoms with E-state index in [1.165, 1.54) is 62.5 Å². The molecule has 0 radical (unpaired) electrons. The van der Waals surface area contributed by atoms with Gasteiger partial charge in [0.15, 0.2) is 0 Å². The smallest absolute Gasteiger partial charge is 0.0462 e. The summed E-state index contributed by atoms with van der Waals surface area (Å²) in [5, 5.41) is 0. The van der Waals surface area contributed by atoms with E-state index in [0.29, 0.717) is 6.04 Å². The van der Waals surface area contributed by atoms with Gasteiger partial charge in [-0.25, -0.2) is 0 Å². The Bertz CT molecular complexity index is 349. The molecular weight excluding hydrogens is 244 g/mol. The first-order chi connectivity index (χ1) is 9.79. The Labute approximate surface area is 125 Å². The van der Waals surface area contributed by atoms with Crippen molar-refractivity contribution in [3.8, 4) is 0 Å². The van der Waals surface area contributed by atoms with E-state index >= 15 is 0 Å². The summed E-state index contributed by atoms with van der Waals surface area (Å²) in [5.74, 6) is 5.72. The van der Waals surface area contributed by atoms with Crippen LogP contribution in [0.1, 0.15) is 81.9 Å². The molecule has 0 bridgehead atoms. The molecule has 0 amide bonds. The molecule has 0 aliphatic carbocycles. The molecule has 1 aromatic rings. The van der Waals surface area contributed by atoms with Gasteiger partial charge in [0, 0.05) is 6.04 Å². The molecule has 114 valence electrons. The third kappa shape index (κ3) is 6.53. The minimum absolute atomic E-state index is 0.302. The van der Waals surface area contributed by atoms with Gasteiger partial charge in [0.25, 0.3) is 0 Å². The maximum absolute atomic E-state index is 5.72. The van der Waals surface area contributed by atoms with Crippen molar-refractivity contribution in [3.05, 3.63) is 35.4 Å². The van der Waals surface area contributed by atoms with Gasteiger partial charge in [-0.3, -0.25) is 11.3 Å². The van der Waals surface area contributed by atoms with Gasteiger partial charge in [-0.15, -0.1) is 0 Å². The molecule has 0 saturated carbocycles. The summed E-state index contributed by atoms with van der Waals surface area (Å²) < 4.78 is 0. The number of hydrogen-bond acceptors (Lipinski definition) is 2. The van der Waals surface area contributed by atoms with Gasteiger partial charge in [-0.05, 0) is 24.5 Å². The zero-order valence-electron chi connectivity index (χ0n) is 13.3. The van der Waals surface area contributed by atoms with Crippen LogP contribution in [-0.2, 0) is 0 Å². The van der Waals surface area contributed by atoms with Crippen LogP contribution in [0.15, 0.2) is 24.3 Å². The summed E-state index contributed by atoms with van der Waals surface area (Å²) in [5.41, 5.74) is 5.65. The quantitative estimate of drug-likeness (QED) is 0.338. The van der Waals surface area contributed by atoms with E-state index in [9.17, 15) is 0 Å². The summed E-state index contributed by atoms with van der Waals surface area (Å²) in [6.45, 7) is 4.43. The van der Waals surface area contributed by atoms with Crippen LogP contribution in [0.4, 0.5) is 0 Å². The number of nitrogens with two attached hydrogens (primary N) is 1. The maximum Gasteiger partial charge on any atom is 0.0462 e. The molecule has 0 aliphatic rings. The number of nitrogens with one attached hydrogen (secondary N) is 1. The Morgan fingerprint density at radius 2 is 1.55 bits per heavy atom. The Balaban J connectivity index is 2.18. The van der Waals surface area contributed by atoms with Crippen molar-refractivity contribution in [1.82, 2.24) is 5.43 Å². The van der Waals surface area contributed by atoms with Gasteiger partial charge < -0.3 is 0 Å². The Morgan fingerprint density at radius 1 is 0.950 bits per heavy atom. The van der Waals surface area contributed by atoms with Crippen molar-refractivity contribution < 1.29 is 0 Å². The minimum Gasteiger partial charge on any atom is -0.271 e. The molecule has 0 aromatic heterocycles. The van der Waals surface area contributed by atoms with Gasteiger partial charge in [0.05, 0.1) is 0 Å². The van der Waals surface area contributed by atoms with Gasteiger partial charge in [-0.1, -0.05) is 82.6 Å². The van der Waals surface area contributed by atoms with E-state index in [-0.39, 0.29) is 0 Å². The normalized spacial score (nSPS) is 12.6. The van der Waals surface area contributed by atoms with Gasteiger partial charge >= 0.3 is 0 Å². The summed E-state index contributed by atoms with van der Waals surface area (Å²) in [6.07, 6.45) is 12.0. The molecule has 0 spiro atoms. The second-order valence-electron chi connectivity index (χ2n) is 5.84. The highest BCUT2D eigenvalue weighted by Gasteiger charge is 2.10. The average molecular weight is 276 g/mol. The van der Waals surface area contributed by atoms with Crippen LogP contribution in [0.25, 0.3) is 0 Å². The zero-order valence-corrected chi connectivity index (χ0v) is 13.3. The predicted octanol–water partition coefficient (Wildman–Crippen LogP) is 5.03. The lowest BCUT2D eigenvalue weighted by molar-refractivity contribution is 0.473. The fourth-order valence-electron chi connectivity index (χ4n) is 2.79. The van der Waals surface area contributed by atoms with Crippen molar-refractivity contribution in [2.75, 3.05) is 0 Å². The first-order valence-corrected chi connectivity index (χ1v) is 8.31. The number of unbranched alkanes of at least 4 members (excludes halogenated alkanes) is 7. The zero-order chi connectivity index (χ0) is 14.6. The first kappa shape index (κ1) is 17.2. The third-order valence-electron chi connectivity index (χ3n) is 4.11. The fourth-order valence-corrected chi connectivity index (χ4v) is 2.79. The number of benzene rings is 1. The first-order valence-electron chi connectivity index (χ1n) is 8.31. The summed E-state index contributed by atoms with van der Waals surface area (Å²) in [4.78, 5) is 0. The molecular formula is C18H32N2. The predicted molar refractivity (Wildman–Crippen MR) is 88.5 cm³/mol. The Kier molecular flexibility index (Phi) is 9.35. The Hall–Kier alpha value is -0.860. The SMILES string of the molecule is CCCCCCCCCCC(NN)c1ccccc1C. The topological polar surface area (TPSA) is 38.0 Å². The van der Waals surface area contributed by atoms with Crippen LogP contribution < -0.4 is 11.3 Å². The molecule has 0 heterocycles. The second kappa shape index (κ2) is 10.9. The number of hydrazine groups is 1. The lowest BCUT2D eigenvalue weighted by atomic mass is 9.96. The van der Waals surface area contributed by atoms with E-state index < -0.39 is 0 Å². The van der Waals surface area contributed by atoms with Crippen LogP contribution in [-0.4, -0.2) is 0 Å². The summed E-state index contributed by atoms with van der Waals surface area (Å²) in [7, 11) is 0. The fraction of sp³-hybridized carbons (Fsp3) is 0.667. The summed E-state index contributed by atoms with van der Waals surface area (Å²) >= 11 is 0. The molecule has 2 heteroatoms. The molecule has 1 aromatic carbocycles. The molecule has 0 saturated heterocycles. The molecule has 3 N–H and O–H groups in total. The molecule has 1 rings (SSSR count). The van der Waals surface area contributed by atoms with Gasteiger partial charge in [0.2, 0.25) is 0 Å². The van der Waals surface area contributed by atoms with Crippen molar-refractivity contribution in [1.29, 1.82) is 0 Å². The second-order valence-corrected chi connectivity index (χ2v) is 5.84. The monoisotopic (exact) mass is 276 g/mol. The van der Waals surface area contributed by atoms with E-state index in [1.54, 1.807) is 0 Å². The lowest BCUT2D eigenvalue weighted by Gasteiger charge is -2.18. The Morgan fingerprint density at radius 3 is 2.15 bits per heavy atom. The average Bonchev–Trinajstić information content (AvgIpc) is 2.47. The van der Waals surface area contributed by atoms with E-state index in [4.69, 9.17) is 5.84 Å². The van der Waals surface area contributed by atoms with Gasteiger partial charge in [-0.2, -0.15) is 0 Å². The number of aryl methyl sites for hydroxylation is 1. The minimum atomic E-state index is 0.302. The molecule has 20 heavy (non-hydrogen) atoms. The maximum atomic E-state index is 5.72. The molecule has 1 unspecified atom stereocenters. The van der Waals surface area contributed by atoms with Crippen molar-refractivity contribution in [2.24, 2.45) is 5.84 Å². The highest BCUT2D eigenvalue weighted by Crippen LogP contribution is 2.22. The van der Waals surface area contributed by atoms with Crippen molar-refractivity contribution in [2.45, 2.75) is 77.7 Å². The van der Waals surface area contributed by atoms with Crippen molar-refractivity contribution >= 4 is 0 Å². The highest BCUT2D eigenvalue weighted by molar-refractivity contribution is 5.28. The lowest BCUT2D eigenvalue weighted by Crippen LogP contribution is -2.28. The van der Waals surface area contributed by atoms with E-state index in [2.05, 4.69) is 43.5 Å². The van der Waals surface area contributed by atoms with Crippen molar-refractivity contribution in [3.63, 3.8) is 0 Å². The van der Waals surface area contributed by atoms with Crippen LogP contribution in [0.2, 0.25) is 0 Å². The standard InChI is InChI=1S/C18H32N2/c1-3-4-5-6-7-8-9-10-15-18(20-19)17-14-12-11-13-16(17)2/h11-14,18,20H,3-10,15,19H2,1-2H3. The van der Waals surface area contributed by atoms with E-state index in [1.807, 2.05) is 0 Å². The van der Waals surface area contributed by atoms with Crippen LogP contribution in [0.5, 0.6) is 0 Å². The van der Waals surface area contributed by atoms with Gasteiger partial charge in [0.1, 0.15) is 0 Å². The van der Waals surface area contributed by atoms with Crippen LogP contribution in [0, 0.1) is 6.92 Å². The molecule has 2 nitrogen and oxygen atoms in total. The highest BCUT2D eigenvalue weighted by atomic mass is 15.2. The molecule has 0 aliphatic heterocycles.